The molecule has 1 unspecified atom stereocenters. The van der Waals surface area contributed by atoms with E-state index in [1.54, 1.807) is 13.0 Å². The highest BCUT2D eigenvalue weighted by Crippen LogP contribution is 2.04. The van der Waals surface area contributed by atoms with Gasteiger partial charge >= 0.3 is 5.97 Å². The Hall–Kier alpha value is -2.10. The smallest absolute Gasteiger partial charge is 0.328 e. The molecule has 4 heteroatoms. The van der Waals surface area contributed by atoms with E-state index in [9.17, 15) is 9.59 Å². The summed E-state index contributed by atoms with van der Waals surface area (Å²) in [7, 11) is 1.31. The zero-order chi connectivity index (χ0) is 13.4. The van der Waals surface area contributed by atoms with Crippen LogP contribution in [-0.4, -0.2) is 25.0 Å². The molecule has 0 aliphatic rings. The second kappa shape index (κ2) is 7.27. The first-order valence-corrected chi connectivity index (χ1v) is 5.72. The molecule has 0 fully saturated rings. The van der Waals surface area contributed by atoms with Gasteiger partial charge in [-0.2, -0.15) is 0 Å². The van der Waals surface area contributed by atoms with Gasteiger partial charge in [-0.15, -0.1) is 0 Å². The number of benzene rings is 1. The number of carbonyl (C=O) groups excluding carboxylic acids is 2. The largest absolute Gasteiger partial charge is 0.467 e. The van der Waals surface area contributed by atoms with E-state index in [1.807, 2.05) is 30.3 Å². The Morgan fingerprint density at radius 1 is 1.33 bits per heavy atom. The summed E-state index contributed by atoms with van der Waals surface area (Å²) >= 11 is 0. The van der Waals surface area contributed by atoms with Gasteiger partial charge in [0.05, 0.1) is 7.11 Å². The van der Waals surface area contributed by atoms with Gasteiger partial charge in [-0.05, 0) is 18.6 Å². The second-order valence-corrected chi connectivity index (χ2v) is 3.77. The number of hydrogen-bond donors (Lipinski definition) is 1. The van der Waals surface area contributed by atoms with Crippen molar-refractivity contribution >= 4 is 11.9 Å². The molecule has 1 aromatic carbocycles. The molecule has 0 aliphatic carbocycles. The number of nitrogens with one attached hydrogen (secondary N) is 1. The van der Waals surface area contributed by atoms with Gasteiger partial charge in [0.25, 0.3) is 0 Å². The van der Waals surface area contributed by atoms with Gasteiger partial charge in [-0.25, -0.2) is 4.79 Å². The standard InChI is InChI=1S/C14H17NO3/c1-3-7-13(16)15-12(14(17)18-2)10-11-8-5-4-6-9-11/h3-9,12H,10H2,1-2H3,(H,15,16)/b7-3-. The van der Waals surface area contributed by atoms with Gasteiger partial charge in [0.2, 0.25) is 5.91 Å². The number of ether oxygens (including phenoxy) is 1. The lowest BCUT2D eigenvalue weighted by molar-refractivity contribution is -0.144. The maximum atomic E-state index is 11.6. The Morgan fingerprint density at radius 2 is 2.00 bits per heavy atom. The molecule has 0 heterocycles. The molecule has 0 bridgehead atoms. The maximum Gasteiger partial charge on any atom is 0.328 e. The first kappa shape index (κ1) is 14.0. The van der Waals surface area contributed by atoms with E-state index in [4.69, 9.17) is 0 Å². The zero-order valence-electron chi connectivity index (χ0n) is 10.6. The summed E-state index contributed by atoms with van der Waals surface area (Å²) in [6, 6.07) is 8.81. The fourth-order valence-electron chi connectivity index (χ4n) is 1.56. The molecule has 4 nitrogen and oxygen atoms in total. The van der Waals surface area contributed by atoms with E-state index in [-0.39, 0.29) is 5.91 Å². The molecule has 1 amide bonds. The van der Waals surface area contributed by atoms with Crippen LogP contribution in [0, 0.1) is 0 Å². The lowest BCUT2D eigenvalue weighted by Gasteiger charge is -2.15. The van der Waals surface area contributed by atoms with Gasteiger partial charge in [-0.3, -0.25) is 4.79 Å². The summed E-state index contributed by atoms with van der Waals surface area (Å²) in [5, 5.41) is 2.62. The lowest BCUT2D eigenvalue weighted by Crippen LogP contribution is -2.42. The molecule has 1 atom stereocenters. The molecule has 0 radical (unpaired) electrons. The molecular formula is C14H17NO3. The van der Waals surface area contributed by atoms with Crippen LogP contribution in [0.3, 0.4) is 0 Å². The zero-order valence-corrected chi connectivity index (χ0v) is 10.6. The highest BCUT2D eigenvalue weighted by atomic mass is 16.5. The Labute approximate surface area is 107 Å². The van der Waals surface area contributed by atoms with Crippen LogP contribution in [0.15, 0.2) is 42.5 Å². The van der Waals surface area contributed by atoms with Crippen LogP contribution in [0.4, 0.5) is 0 Å². The van der Waals surface area contributed by atoms with E-state index < -0.39 is 12.0 Å². The van der Waals surface area contributed by atoms with Gasteiger partial charge in [0, 0.05) is 6.42 Å². The molecule has 0 saturated heterocycles. The van der Waals surface area contributed by atoms with Crippen LogP contribution in [0.2, 0.25) is 0 Å². The quantitative estimate of drug-likeness (QED) is 0.633. The van der Waals surface area contributed by atoms with E-state index >= 15 is 0 Å². The van der Waals surface area contributed by atoms with Crippen LogP contribution >= 0.6 is 0 Å². The van der Waals surface area contributed by atoms with Crippen LogP contribution in [0.25, 0.3) is 0 Å². The number of hydrogen-bond acceptors (Lipinski definition) is 3. The minimum atomic E-state index is -0.666. The minimum Gasteiger partial charge on any atom is -0.467 e. The number of rotatable bonds is 5. The molecule has 1 rings (SSSR count). The first-order chi connectivity index (χ1) is 8.67. The topological polar surface area (TPSA) is 55.4 Å². The Morgan fingerprint density at radius 3 is 2.56 bits per heavy atom. The molecule has 0 aliphatic heterocycles. The third-order valence-electron chi connectivity index (χ3n) is 2.40. The van der Waals surface area contributed by atoms with Gasteiger partial charge < -0.3 is 10.1 Å². The van der Waals surface area contributed by atoms with Crippen molar-refractivity contribution < 1.29 is 14.3 Å². The van der Waals surface area contributed by atoms with Crippen molar-refractivity contribution in [3.05, 3.63) is 48.0 Å². The van der Waals surface area contributed by atoms with Crippen molar-refractivity contribution in [2.75, 3.05) is 7.11 Å². The van der Waals surface area contributed by atoms with Gasteiger partial charge in [-0.1, -0.05) is 36.4 Å². The number of esters is 1. The van der Waals surface area contributed by atoms with Crippen LogP contribution < -0.4 is 5.32 Å². The van der Waals surface area contributed by atoms with E-state index in [1.165, 1.54) is 13.2 Å². The van der Waals surface area contributed by atoms with E-state index in [2.05, 4.69) is 10.1 Å². The third kappa shape index (κ3) is 4.41. The Kier molecular flexibility index (Phi) is 5.64. The third-order valence-corrected chi connectivity index (χ3v) is 2.40. The summed E-state index contributed by atoms with van der Waals surface area (Å²) < 4.78 is 4.69. The molecular weight excluding hydrogens is 230 g/mol. The minimum absolute atomic E-state index is 0.302. The highest BCUT2D eigenvalue weighted by molar-refractivity contribution is 5.91. The highest BCUT2D eigenvalue weighted by Gasteiger charge is 2.20. The Balaban J connectivity index is 2.73. The predicted octanol–water partition coefficient (Wildman–Crippen LogP) is 1.46. The van der Waals surface area contributed by atoms with Crippen molar-refractivity contribution in [1.82, 2.24) is 5.32 Å². The van der Waals surface area contributed by atoms with Crippen LogP contribution in [0.1, 0.15) is 12.5 Å². The van der Waals surface area contributed by atoms with Crippen molar-refractivity contribution in [3.63, 3.8) is 0 Å². The summed E-state index contributed by atoms with van der Waals surface area (Å²) in [4.78, 5) is 23.1. The van der Waals surface area contributed by atoms with E-state index in [0.29, 0.717) is 6.42 Å². The van der Waals surface area contributed by atoms with E-state index in [0.717, 1.165) is 5.56 Å². The predicted molar refractivity (Wildman–Crippen MR) is 68.9 cm³/mol. The number of carbonyl (C=O) groups is 2. The summed E-state index contributed by atoms with van der Waals surface area (Å²) in [5.74, 6) is -0.750. The normalized spacial score (nSPS) is 12.1. The lowest BCUT2D eigenvalue weighted by atomic mass is 10.1. The molecule has 1 aromatic rings. The second-order valence-electron chi connectivity index (χ2n) is 3.77. The van der Waals surface area contributed by atoms with Crippen molar-refractivity contribution in [2.45, 2.75) is 19.4 Å². The van der Waals surface area contributed by atoms with Crippen LogP contribution in [-0.2, 0) is 20.7 Å². The summed E-state index contributed by atoms with van der Waals surface area (Å²) in [6.45, 7) is 1.74. The molecule has 96 valence electrons. The number of amides is 1. The average molecular weight is 247 g/mol. The fourth-order valence-corrected chi connectivity index (χ4v) is 1.56. The molecule has 0 aromatic heterocycles. The molecule has 1 N–H and O–H groups in total. The number of methoxy groups -OCH3 is 1. The number of allylic oxidation sites excluding steroid dienone is 1. The monoisotopic (exact) mass is 247 g/mol. The first-order valence-electron chi connectivity index (χ1n) is 5.72. The summed E-state index contributed by atoms with van der Waals surface area (Å²) in [6.07, 6.45) is 3.41. The fraction of sp³-hybridized carbons (Fsp3) is 0.286. The van der Waals surface area contributed by atoms with Gasteiger partial charge in [0.1, 0.15) is 6.04 Å². The molecule has 0 saturated carbocycles. The summed E-state index contributed by atoms with van der Waals surface area (Å²) in [5.41, 5.74) is 0.966. The average Bonchev–Trinajstić information content (AvgIpc) is 2.38. The van der Waals surface area contributed by atoms with Crippen molar-refractivity contribution in [3.8, 4) is 0 Å². The molecule has 18 heavy (non-hydrogen) atoms. The maximum absolute atomic E-state index is 11.6. The van der Waals surface area contributed by atoms with Crippen molar-refractivity contribution in [1.29, 1.82) is 0 Å². The van der Waals surface area contributed by atoms with Gasteiger partial charge in [0.15, 0.2) is 0 Å². The van der Waals surface area contributed by atoms with Crippen LogP contribution in [0.5, 0.6) is 0 Å². The molecule has 0 spiro atoms. The van der Waals surface area contributed by atoms with Crippen molar-refractivity contribution in [2.24, 2.45) is 0 Å². The Bertz CT molecular complexity index is 426. The SMILES string of the molecule is C/C=C\C(=O)NC(Cc1ccccc1)C(=O)OC.